The molecule has 0 heterocycles. The smallest absolute Gasteiger partial charge is 0.119 e. The minimum atomic E-state index is -0.484. The van der Waals surface area contributed by atoms with Gasteiger partial charge in [0.05, 0.1) is 13.2 Å². The number of benzene rings is 1. The van der Waals surface area contributed by atoms with Crippen molar-refractivity contribution in [2.75, 3.05) is 13.7 Å². The summed E-state index contributed by atoms with van der Waals surface area (Å²) in [6.07, 6.45) is -0.484. The van der Waals surface area contributed by atoms with Gasteiger partial charge in [0.2, 0.25) is 0 Å². The first kappa shape index (κ1) is 12.0. The Hall–Kier alpha value is -1.06. The van der Waals surface area contributed by atoms with Crippen LogP contribution in [0.1, 0.15) is 25.5 Å². The lowest BCUT2D eigenvalue weighted by molar-refractivity contribution is 0.171. The molecule has 0 aliphatic carbocycles. The highest BCUT2D eigenvalue weighted by Gasteiger charge is 2.08. The van der Waals surface area contributed by atoms with E-state index in [-0.39, 0.29) is 0 Å². The summed E-state index contributed by atoms with van der Waals surface area (Å²) in [4.78, 5) is 0. The Labute approximate surface area is 91.1 Å². The molecule has 0 amide bonds. The van der Waals surface area contributed by atoms with E-state index in [0.29, 0.717) is 12.6 Å². The first-order valence-corrected chi connectivity index (χ1v) is 5.19. The molecule has 84 valence electrons. The van der Waals surface area contributed by atoms with Crippen LogP contribution >= 0.6 is 0 Å². The van der Waals surface area contributed by atoms with Gasteiger partial charge in [0, 0.05) is 12.6 Å². The maximum absolute atomic E-state index is 9.87. The van der Waals surface area contributed by atoms with Crippen LogP contribution in [0.2, 0.25) is 0 Å². The van der Waals surface area contributed by atoms with Gasteiger partial charge >= 0.3 is 0 Å². The highest BCUT2D eigenvalue weighted by Crippen LogP contribution is 2.18. The largest absolute Gasteiger partial charge is 0.497 e. The summed E-state index contributed by atoms with van der Waals surface area (Å²) in [6.45, 7) is 4.67. The third-order valence-electron chi connectivity index (χ3n) is 2.20. The van der Waals surface area contributed by atoms with E-state index in [0.717, 1.165) is 11.3 Å². The van der Waals surface area contributed by atoms with Crippen molar-refractivity contribution >= 4 is 0 Å². The number of aliphatic hydroxyl groups excluding tert-OH is 1. The van der Waals surface area contributed by atoms with Crippen LogP contribution < -0.4 is 10.1 Å². The minimum Gasteiger partial charge on any atom is -0.497 e. The predicted molar refractivity (Wildman–Crippen MR) is 61.1 cm³/mol. The zero-order valence-electron chi connectivity index (χ0n) is 9.53. The van der Waals surface area contributed by atoms with E-state index in [1.807, 2.05) is 24.3 Å². The molecule has 1 aromatic carbocycles. The fourth-order valence-electron chi connectivity index (χ4n) is 1.31. The van der Waals surface area contributed by atoms with Crippen molar-refractivity contribution < 1.29 is 9.84 Å². The second-order valence-electron chi connectivity index (χ2n) is 3.86. The first-order valence-electron chi connectivity index (χ1n) is 5.19. The molecule has 0 saturated heterocycles. The van der Waals surface area contributed by atoms with E-state index < -0.39 is 6.10 Å². The Balaban J connectivity index is 2.60. The summed E-state index contributed by atoms with van der Waals surface area (Å²) in [7, 11) is 1.62. The molecule has 0 aliphatic heterocycles. The van der Waals surface area contributed by atoms with E-state index in [1.165, 1.54) is 0 Å². The summed E-state index contributed by atoms with van der Waals surface area (Å²) in [5.74, 6) is 0.774. The summed E-state index contributed by atoms with van der Waals surface area (Å²) in [5.41, 5.74) is 0.877. The van der Waals surface area contributed by atoms with Gasteiger partial charge < -0.3 is 15.2 Å². The van der Waals surface area contributed by atoms with E-state index in [2.05, 4.69) is 19.2 Å². The highest BCUT2D eigenvalue weighted by atomic mass is 16.5. The second-order valence-corrected chi connectivity index (χ2v) is 3.86. The Bertz CT molecular complexity index is 299. The third kappa shape index (κ3) is 3.90. The van der Waals surface area contributed by atoms with Crippen LogP contribution in [0, 0.1) is 0 Å². The van der Waals surface area contributed by atoms with Crippen molar-refractivity contribution in [3.8, 4) is 5.75 Å². The van der Waals surface area contributed by atoms with Crippen molar-refractivity contribution in [1.29, 1.82) is 0 Å². The zero-order valence-corrected chi connectivity index (χ0v) is 9.53. The molecular formula is C12H19NO2. The van der Waals surface area contributed by atoms with E-state index >= 15 is 0 Å². The molecule has 0 aromatic heterocycles. The summed E-state index contributed by atoms with van der Waals surface area (Å²) >= 11 is 0. The Morgan fingerprint density at radius 3 is 2.73 bits per heavy atom. The maximum Gasteiger partial charge on any atom is 0.119 e. The van der Waals surface area contributed by atoms with Crippen LogP contribution in [0.5, 0.6) is 5.75 Å². The topological polar surface area (TPSA) is 41.5 Å². The second kappa shape index (κ2) is 5.73. The van der Waals surface area contributed by atoms with Crippen LogP contribution in [-0.2, 0) is 0 Å². The predicted octanol–water partition coefficient (Wildman–Crippen LogP) is 1.73. The average molecular weight is 209 g/mol. The van der Waals surface area contributed by atoms with Crippen molar-refractivity contribution in [3.05, 3.63) is 29.8 Å². The van der Waals surface area contributed by atoms with Crippen LogP contribution in [0.15, 0.2) is 24.3 Å². The van der Waals surface area contributed by atoms with E-state index in [4.69, 9.17) is 4.74 Å². The quantitative estimate of drug-likeness (QED) is 0.776. The summed E-state index contributed by atoms with van der Waals surface area (Å²) in [6, 6.07) is 7.88. The van der Waals surface area contributed by atoms with Crippen LogP contribution in [-0.4, -0.2) is 24.8 Å². The Morgan fingerprint density at radius 2 is 2.13 bits per heavy atom. The number of rotatable bonds is 5. The molecule has 3 nitrogen and oxygen atoms in total. The number of hydrogen-bond donors (Lipinski definition) is 2. The molecule has 0 bridgehead atoms. The lowest BCUT2D eigenvalue weighted by Gasteiger charge is -2.14. The van der Waals surface area contributed by atoms with Gasteiger partial charge in [-0.2, -0.15) is 0 Å². The molecule has 0 radical (unpaired) electrons. The van der Waals surface area contributed by atoms with Crippen LogP contribution in [0.25, 0.3) is 0 Å². The standard InChI is InChI=1S/C12H19NO2/c1-9(2)13-8-12(14)10-5-4-6-11(7-10)15-3/h4-7,9,12-14H,8H2,1-3H3. The van der Waals surface area contributed by atoms with Gasteiger partial charge in [-0.05, 0) is 17.7 Å². The van der Waals surface area contributed by atoms with Gasteiger partial charge in [-0.15, -0.1) is 0 Å². The van der Waals surface area contributed by atoms with Gasteiger partial charge in [0.1, 0.15) is 5.75 Å². The minimum absolute atomic E-state index is 0.380. The number of ether oxygens (including phenoxy) is 1. The van der Waals surface area contributed by atoms with E-state index in [1.54, 1.807) is 7.11 Å². The molecule has 2 N–H and O–H groups in total. The van der Waals surface area contributed by atoms with Crippen molar-refractivity contribution in [1.82, 2.24) is 5.32 Å². The molecule has 1 unspecified atom stereocenters. The fraction of sp³-hybridized carbons (Fsp3) is 0.500. The third-order valence-corrected chi connectivity index (χ3v) is 2.20. The molecule has 0 fully saturated rings. The number of nitrogens with one attached hydrogen (secondary N) is 1. The molecular weight excluding hydrogens is 190 g/mol. The molecule has 3 heteroatoms. The monoisotopic (exact) mass is 209 g/mol. The lowest BCUT2D eigenvalue weighted by Crippen LogP contribution is -2.27. The first-order chi connectivity index (χ1) is 7.13. The molecule has 0 aliphatic rings. The van der Waals surface area contributed by atoms with Crippen LogP contribution in [0.4, 0.5) is 0 Å². The van der Waals surface area contributed by atoms with Gasteiger partial charge in [0.15, 0.2) is 0 Å². The highest BCUT2D eigenvalue weighted by molar-refractivity contribution is 5.29. The van der Waals surface area contributed by atoms with Gasteiger partial charge in [0.25, 0.3) is 0 Å². The van der Waals surface area contributed by atoms with Crippen molar-refractivity contribution in [3.63, 3.8) is 0 Å². The fourth-order valence-corrected chi connectivity index (χ4v) is 1.31. The molecule has 1 aromatic rings. The van der Waals surface area contributed by atoms with Crippen molar-refractivity contribution in [2.45, 2.75) is 26.0 Å². The Morgan fingerprint density at radius 1 is 1.40 bits per heavy atom. The maximum atomic E-state index is 9.87. The zero-order chi connectivity index (χ0) is 11.3. The number of aliphatic hydroxyl groups is 1. The van der Waals surface area contributed by atoms with Crippen molar-refractivity contribution in [2.24, 2.45) is 0 Å². The SMILES string of the molecule is COc1cccc(C(O)CNC(C)C)c1. The molecule has 1 rings (SSSR count). The normalized spacial score (nSPS) is 12.9. The molecule has 15 heavy (non-hydrogen) atoms. The number of methoxy groups -OCH3 is 1. The molecule has 0 spiro atoms. The van der Waals surface area contributed by atoms with E-state index in [9.17, 15) is 5.11 Å². The lowest BCUT2D eigenvalue weighted by atomic mass is 10.1. The average Bonchev–Trinajstić information content (AvgIpc) is 2.26. The van der Waals surface area contributed by atoms with Gasteiger partial charge in [-0.25, -0.2) is 0 Å². The molecule has 0 saturated carbocycles. The summed E-state index contributed by atoms with van der Waals surface area (Å²) in [5, 5.41) is 13.1. The van der Waals surface area contributed by atoms with Gasteiger partial charge in [-0.3, -0.25) is 0 Å². The summed E-state index contributed by atoms with van der Waals surface area (Å²) < 4.78 is 5.10. The van der Waals surface area contributed by atoms with Crippen LogP contribution in [0.3, 0.4) is 0 Å². The van der Waals surface area contributed by atoms with Gasteiger partial charge in [-0.1, -0.05) is 26.0 Å². The Kier molecular flexibility index (Phi) is 4.59. The number of hydrogen-bond acceptors (Lipinski definition) is 3. The molecule has 1 atom stereocenters.